The number of fused-ring (bicyclic) bond motifs is 1. The molecule has 3 N–H and O–H groups in total. The van der Waals surface area contributed by atoms with E-state index in [1.807, 2.05) is 12.1 Å². The first-order valence-electron chi connectivity index (χ1n) is 7.96. The predicted octanol–water partition coefficient (Wildman–Crippen LogP) is 3.47. The number of benzene rings is 2. The van der Waals surface area contributed by atoms with Crippen LogP contribution in [0.2, 0.25) is 5.02 Å². The van der Waals surface area contributed by atoms with Crippen molar-refractivity contribution in [1.82, 2.24) is 0 Å². The van der Waals surface area contributed by atoms with Gasteiger partial charge in [-0.15, -0.1) is 0 Å². The number of anilines is 1. The van der Waals surface area contributed by atoms with Crippen molar-refractivity contribution in [2.75, 3.05) is 12.3 Å². The van der Waals surface area contributed by atoms with Crippen LogP contribution in [-0.2, 0) is 16.6 Å². The van der Waals surface area contributed by atoms with Crippen molar-refractivity contribution >= 4 is 29.5 Å². The van der Waals surface area contributed by atoms with E-state index < -0.39 is 11.4 Å². The molecule has 0 heterocycles. The van der Waals surface area contributed by atoms with E-state index in [1.165, 1.54) is 18.2 Å². The van der Waals surface area contributed by atoms with Crippen molar-refractivity contribution in [3.63, 3.8) is 0 Å². The molecule has 0 saturated heterocycles. The van der Waals surface area contributed by atoms with Crippen LogP contribution in [0.3, 0.4) is 0 Å². The van der Waals surface area contributed by atoms with E-state index in [-0.39, 0.29) is 17.9 Å². The Morgan fingerprint density at radius 1 is 1.32 bits per heavy atom. The molecule has 1 atom stereocenters. The minimum absolute atomic E-state index is 0.0904. The molecule has 0 saturated carbocycles. The number of aromatic carboxylic acids is 1. The number of carbonyl (C=O) groups excluding carboxylic acids is 1. The van der Waals surface area contributed by atoms with Crippen molar-refractivity contribution in [2.24, 2.45) is 0 Å². The largest absolute Gasteiger partial charge is 0.490 e. The molecular formula is C19H18ClNO4. The van der Waals surface area contributed by atoms with Crippen LogP contribution in [0.4, 0.5) is 5.69 Å². The molecule has 5 nitrogen and oxygen atoms in total. The Balaban J connectivity index is 1.87. The maximum atomic E-state index is 12.0. The molecule has 0 unspecified atom stereocenters. The number of carboxylic acids is 1. The zero-order chi connectivity index (χ0) is 18.0. The van der Waals surface area contributed by atoms with Gasteiger partial charge in [0.15, 0.2) is 0 Å². The Kier molecular flexibility index (Phi) is 4.68. The van der Waals surface area contributed by atoms with Crippen LogP contribution in [0, 0.1) is 0 Å². The summed E-state index contributed by atoms with van der Waals surface area (Å²) in [5.41, 5.74) is 7.43. The third-order valence-corrected chi connectivity index (χ3v) is 4.88. The quantitative estimate of drug-likeness (QED) is 0.630. The number of carbonyl (C=O) groups is 2. The average molecular weight is 360 g/mol. The monoisotopic (exact) mass is 359 g/mol. The molecule has 130 valence electrons. The van der Waals surface area contributed by atoms with E-state index in [0.29, 0.717) is 17.2 Å². The highest BCUT2D eigenvalue weighted by Crippen LogP contribution is 2.38. The summed E-state index contributed by atoms with van der Waals surface area (Å²) in [6.07, 6.45) is 3.35. The molecule has 6 heteroatoms. The number of hydrogen-bond acceptors (Lipinski definition) is 4. The molecule has 1 aliphatic rings. The van der Waals surface area contributed by atoms with Crippen molar-refractivity contribution in [2.45, 2.75) is 24.7 Å². The van der Waals surface area contributed by atoms with Crippen molar-refractivity contribution < 1.29 is 19.4 Å². The number of hydrogen-bond donors (Lipinski definition) is 2. The van der Waals surface area contributed by atoms with Crippen molar-refractivity contribution in [3.8, 4) is 5.75 Å². The third kappa shape index (κ3) is 3.33. The maximum absolute atomic E-state index is 12.0. The van der Waals surface area contributed by atoms with Gasteiger partial charge in [0, 0.05) is 5.02 Å². The summed E-state index contributed by atoms with van der Waals surface area (Å²) in [5, 5.41) is 9.64. The molecule has 1 aliphatic carbocycles. The molecule has 0 amide bonds. The lowest BCUT2D eigenvalue weighted by atomic mass is 9.71. The van der Waals surface area contributed by atoms with Gasteiger partial charge >= 0.3 is 5.97 Å². The number of aldehydes is 1. The number of aryl methyl sites for hydroxylation is 1. The number of rotatable bonds is 5. The molecule has 2 aromatic carbocycles. The predicted molar refractivity (Wildman–Crippen MR) is 95.4 cm³/mol. The lowest BCUT2D eigenvalue weighted by Crippen LogP contribution is -2.38. The van der Waals surface area contributed by atoms with Gasteiger partial charge in [-0.05, 0) is 60.7 Å². The smallest absolute Gasteiger partial charge is 0.335 e. The minimum Gasteiger partial charge on any atom is -0.490 e. The molecule has 3 rings (SSSR count). The molecule has 0 radical (unpaired) electrons. The molecule has 2 aromatic rings. The highest BCUT2D eigenvalue weighted by molar-refractivity contribution is 6.30. The second-order valence-electron chi connectivity index (χ2n) is 6.28. The lowest BCUT2D eigenvalue weighted by Gasteiger charge is -2.34. The van der Waals surface area contributed by atoms with E-state index in [0.717, 1.165) is 30.3 Å². The molecular weight excluding hydrogens is 342 g/mol. The number of ether oxygens (including phenoxy) is 1. The SMILES string of the molecule is Nc1cc(C(=O)O)ccc1OC[C@@]1(C=O)CCCc2cc(Cl)ccc21. The Bertz CT molecular complexity index is 836. The molecule has 25 heavy (non-hydrogen) atoms. The average Bonchev–Trinajstić information content (AvgIpc) is 2.60. The summed E-state index contributed by atoms with van der Waals surface area (Å²) >= 11 is 6.06. The zero-order valence-electron chi connectivity index (χ0n) is 13.5. The maximum Gasteiger partial charge on any atom is 0.335 e. The van der Waals surface area contributed by atoms with Crippen LogP contribution in [0.25, 0.3) is 0 Å². The number of nitrogens with two attached hydrogens (primary N) is 1. The van der Waals surface area contributed by atoms with Crippen molar-refractivity contribution in [1.29, 1.82) is 0 Å². The Morgan fingerprint density at radius 3 is 2.80 bits per heavy atom. The van der Waals surface area contributed by atoms with Crippen molar-refractivity contribution in [3.05, 3.63) is 58.1 Å². The van der Waals surface area contributed by atoms with Gasteiger partial charge in [-0.3, -0.25) is 0 Å². The van der Waals surface area contributed by atoms with E-state index >= 15 is 0 Å². The number of nitrogen functional groups attached to an aromatic ring is 1. The molecule has 0 fully saturated rings. The van der Waals surface area contributed by atoms with E-state index in [2.05, 4.69) is 0 Å². The second-order valence-corrected chi connectivity index (χ2v) is 6.71. The van der Waals surface area contributed by atoms with E-state index in [1.54, 1.807) is 6.07 Å². The fourth-order valence-electron chi connectivity index (χ4n) is 3.31. The van der Waals surface area contributed by atoms with Crippen LogP contribution in [0.15, 0.2) is 36.4 Å². The van der Waals surface area contributed by atoms with Crippen LogP contribution >= 0.6 is 11.6 Å². The van der Waals surface area contributed by atoms with Crippen LogP contribution in [0.5, 0.6) is 5.75 Å². The highest BCUT2D eigenvalue weighted by Gasteiger charge is 2.37. The summed E-state index contributed by atoms with van der Waals surface area (Å²) < 4.78 is 5.81. The van der Waals surface area contributed by atoms with Gasteiger partial charge in [-0.2, -0.15) is 0 Å². The van der Waals surface area contributed by atoms with E-state index in [9.17, 15) is 9.59 Å². The standard InChI is InChI=1S/C19H18ClNO4/c20-14-4-5-15-12(8-14)2-1-7-19(15,10-22)11-25-17-6-3-13(18(23)24)9-16(17)21/h3-6,8-10H,1-2,7,11,21H2,(H,23,24)/t19-/m0/s1. The number of carboxylic acid groups (broad SMARTS) is 1. The summed E-state index contributed by atoms with van der Waals surface area (Å²) in [6.45, 7) is 0.141. The number of halogens is 1. The minimum atomic E-state index is -1.05. The van der Waals surface area contributed by atoms with Gasteiger partial charge < -0.3 is 20.4 Å². The zero-order valence-corrected chi connectivity index (χ0v) is 14.3. The first kappa shape index (κ1) is 17.3. The Labute approximate surface area is 150 Å². The fourth-order valence-corrected chi connectivity index (χ4v) is 3.50. The van der Waals surface area contributed by atoms with Gasteiger partial charge in [0.2, 0.25) is 0 Å². The van der Waals surface area contributed by atoms with Crippen LogP contribution in [0.1, 0.15) is 34.3 Å². The lowest BCUT2D eigenvalue weighted by molar-refractivity contribution is -0.114. The van der Waals surface area contributed by atoms with Gasteiger partial charge in [0.05, 0.1) is 16.7 Å². The molecule has 0 bridgehead atoms. The van der Waals surface area contributed by atoms with Gasteiger partial charge in [-0.25, -0.2) is 4.79 Å². The Hall–Kier alpha value is -2.53. The summed E-state index contributed by atoms with van der Waals surface area (Å²) in [6, 6.07) is 9.84. The van der Waals surface area contributed by atoms with Crippen LogP contribution < -0.4 is 10.5 Å². The highest BCUT2D eigenvalue weighted by atomic mass is 35.5. The fraction of sp³-hybridized carbons (Fsp3) is 0.263. The van der Waals surface area contributed by atoms with Gasteiger partial charge in [-0.1, -0.05) is 17.7 Å². The van der Waals surface area contributed by atoms with Gasteiger partial charge in [0.1, 0.15) is 18.6 Å². The molecule has 0 aromatic heterocycles. The van der Waals surface area contributed by atoms with Gasteiger partial charge in [0.25, 0.3) is 0 Å². The molecule has 0 spiro atoms. The van der Waals surface area contributed by atoms with Crippen LogP contribution in [-0.4, -0.2) is 24.0 Å². The topological polar surface area (TPSA) is 89.6 Å². The normalized spacial score (nSPS) is 19.1. The first-order chi connectivity index (χ1) is 11.9. The summed E-state index contributed by atoms with van der Waals surface area (Å²) in [5.74, 6) is -0.687. The molecule has 0 aliphatic heterocycles. The summed E-state index contributed by atoms with van der Waals surface area (Å²) in [7, 11) is 0. The van der Waals surface area contributed by atoms with E-state index in [4.69, 9.17) is 27.2 Å². The first-order valence-corrected chi connectivity index (χ1v) is 8.34. The third-order valence-electron chi connectivity index (χ3n) is 4.64. The summed E-state index contributed by atoms with van der Waals surface area (Å²) in [4.78, 5) is 22.9. The Morgan fingerprint density at radius 2 is 2.12 bits per heavy atom. The second kappa shape index (κ2) is 6.76.